The van der Waals surface area contributed by atoms with Crippen LogP contribution in [0.4, 0.5) is 0 Å². The van der Waals surface area contributed by atoms with Crippen LogP contribution >= 0.6 is 0 Å². The molecule has 0 aliphatic carbocycles. The highest BCUT2D eigenvalue weighted by atomic mass is 16.5. The van der Waals surface area contributed by atoms with E-state index in [-0.39, 0.29) is 12.1 Å². The van der Waals surface area contributed by atoms with Gasteiger partial charge in [0.2, 0.25) is 0 Å². The third-order valence-electron chi connectivity index (χ3n) is 2.72. The summed E-state index contributed by atoms with van der Waals surface area (Å²) < 4.78 is 15.6. The van der Waals surface area contributed by atoms with Crippen molar-refractivity contribution in [3.05, 3.63) is 35.4 Å². The van der Waals surface area contributed by atoms with E-state index in [0.717, 1.165) is 11.1 Å². The monoisotopic (exact) mass is 234 g/mol. The highest BCUT2D eigenvalue weighted by Gasteiger charge is 2.27. The van der Waals surface area contributed by atoms with E-state index in [4.69, 9.17) is 14.2 Å². The van der Waals surface area contributed by atoms with E-state index >= 15 is 0 Å². The van der Waals surface area contributed by atoms with Gasteiger partial charge in [-0.15, -0.1) is 0 Å². The van der Waals surface area contributed by atoms with E-state index in [0.29, 0.717) is 11.5 Å². The van der Waals surface area contributed by atoms with Crippen molar-refractivity contribution >= 4 is 5.97 Å². The summed E-state index contributed by atoms with van der Waals surface area (Å²) in [5, 5.41) is 0. The van der Waals surface area contributed by atoms with E-state index in [2.05, 4.69) is 0 Å². The minimum absolute atomic E-state index is 0.314. The molecule has 1 aromatic carbocycles. The third kappa shape index (κ3) is 2.11. The molecule has 4 nitrogen and oxygen atoms in total. The number of esters is 1. The van der Waals surface area contributed by atoms with Gasteiger partial charge in [-0.05, 0) is 24.6 Å². The number of benzene rings is 1. The fraction of sp³-hybridized carbons (Fsp3) is 0.308. The summed E-state index contributed by atoms with van der Waals surface area (Å²) >= 11 is 0. The van der Waals surface area contributed by atoms with E-state index in [1.807, 2.05) is 19.1 Å². The first kappa shape index (κ1) is 11.5. The number of carbonyl (C=O) groups excluding carboxylic acids is 1. The van der Waals surface area contributed by atoms with Crippen LogP contribution < -0.4 is 9.47 Å². The van der Waals surface area contributed by atoms with Crippen molar-refractivity contribution in [2.45, 2.75) is 13.0 Å². The molecule has 2 rings (SSSR count). The van der Waals surface area contributed by atoms with Gasteiger partial charge < -0.3 is 14.2 Å². The summed E-state index contributed by atoms with van der Waals surface area (Å²) in [5.74, 6) is 1.04. The Labute approximate surface area is 99.8 Å². The molecule has 1 heterocycles. The maximum absolute atomic E-state index is 11.2. The molecule has 1 atom stereocenters. The highest BCUT2D eigenvalue weighted by molar-refractivity contribution is 5.86. The molecule has 0 radical (unpaired) electrons. The Morgan fingerprint density at radius 3 is 2.53 bits per heavy atom. The molecule has 0 spiro atoms. The van der Waals surface area contributed by atoms with Crippen LogP contribution in [0.15, 0.2) is 29.8 Å². The minimum Gasteiger partial charge on any atom is -0.497 e. The van der Waals surface area contributed by atoms with E-state index < -0.39 is 0 Å². The second-order valence-corrected chi connectivity index (χ2v) is 3.81. The van der Waals surface area contributed by atoms with Crippen molar-refractivity contribution in [1.82, 2.24) is 0 Å². The summed E-state index contributed by atoms with van der Waals surface area (Å²) in [6.45, 7) is 1.86. The normalized spacial score (nSPS) is 18.6. The third-order valence-corrected chi connectivity index (χ3v) is 2.72. The van der Waals surface area contributed by atoms with Crippen molar-refractivity contribution < 1.29 is 19.0 Å². The van der Waals surface area contributed by atoms with Crippen LogP contribution in [0.2, 0.25) is 0 Å². The highest BCUT2D eigenvalue weighted by Crippen LogP contribution is 2.37. The lowest BCUT2D eigenvalue weighted by molar-refractivity contribution is -0.139. The van der Waals surface area contributed by atoms with E-state index in [9.17, 15) is 4.79 Å². The Kier molecular flexibility index (Phi) is 3.04. The maximum Gasteiger partial charge on any atom is 0.331 e. The zero-order valence-electron chi connectivity index (χ0n) is 10.0. The SMILES string of the molecule is COc1ccc(C2OC(=O)C=C2C)c(OC)c1. The summed E-state index contributed by atoms with van der Waals surface area (Å²) in [7, 11) is 3.17. The van der Waals surface area contributed by atoms with Gasteiger partial charge in [0.1, 0.15) is 11.5 Å². The summed E-state index contributed by atoms with van der Waals surface area (Å²) in [6.07, 6.45) is 1.14. The van der Waals surface area contributed by atoms with Gasteiger partial charge in [0.25, 0.3) is 0 Å². The van der Waals surface area contributed by atoms with Crippen molar-refractivity contribution in [2.75, 3.05) is 14.2 Å². The molecule has 0 N–H and O–H groups in total. The Morgan fingerprint density at radius 2 is 2.00 bits per heavy atom. The Bertz CT molecular complexity index is 476. The Balaban J connectivity index is 2.39. The van der Waals surface area contributed by atoms with Crippen molar-refractivity contribution in [3.63, 3.8) is 0 Å². The van der Waals surface area contributed by atoms with Gasteiger partial charge in [-0.1, -0.05) is 0 Å². The van der Waals surface area contributed by atoms with Gasteiger partial charge in [-0.2, -0.15) is 0 Å². The summed E-state index contributed by atoms with van der Waals surface area (Å²) in [4.78, 5) is 11.2. The van der Waals surface area contributed by atoms with E-state index in [1.165, 1.54) is 6.08 Å². The van der Waals surface area contributed by atoms with Crippen LogP contribution in [0.1, 0.15) is 18.6 Å². The molecule has 1 aromatic rings. The zero-order valence-corrected chi connectivity index (χ0v) is 10.0. The van der Waals surface area contributed by atoms with Gasteiger partial charge in [0.05, 0.1) is 14.2 Å². The lowest BCUT2D eigenvalue weighted by Crippen LogP contribution is -2.04. The molecule has 90 valence electrons. The quantitative estimate of drug-likeness (QED) is 0.752. The van der Waals surface area contributed by atoms with Crippen molar-refractivity contribution in [3.8, 4) is 11.5 Å². The number of methoxy groups -OCH3 is 2. The lowest BCUT2D eigenvalue weighted by Gasteiger charge is -2.16. The average Bonchev–Trinajstić information content (AvgIpc) is 2.67. The zero-order chi connectivity index (χ0) is 12.4. The second kappa shape index (κ2) is 4.49. The van der Waals surface area contributed by atoms with Crippen molar-refractivity contribution in [2.24, 2.45) is 0 Å². The van der Waals surface area contributed by atoms with Gasteiger partial charge in [0.15, 0.2) is 6.10 Å². The first-order chi connectivity index (χ1) is 8.15. The molecule has 0 aromatic heterocycles. The topological polar surface area (TPSA) is 44.8 Å². The van der Waals surface area contributed by atoms with Gasteiger partial charge in [-0.25, -0.2) is 4.79 Å². The molecule has 1 aliphatic heterocycles. The fourth-order valence-corrected chi connectivity index (χ4v) is 1.85. The minimum atomic E-state index is -0.358. The number of ether oxygens (including phenoxy) is 3. The second-order valence-electron chi connectivity index (χ2n) is 3.81. The van der Waals surface area contributed by atoms with Crippen LogP contribution in [0.25, 0.3) is 0 Å². The average molecular weight is 234 g/mol. The predicted octanol–water partition coefficient (Wildman–Crippen LogP) is 2.25. The molecule has 4 heteroatoms. The molecular weight excluding hydrogens is 220 g/mol. The fourth-order valence-electron chi connectivity index (χ4n) is 1.85. The molecule has 0 bridgehead atoms. The summed E-state index contributed by atoms with van der Waals surface area (Å²) in [5.41, 5.74) is 1.70. The molecule has 0 fully saturated rings. The number of cyclic esters (lactones) is 1. The largest absolute Gasteiger partial charge is 0.497 e. The molecule has 0 amide bonds. The van der Waals surface area contributed by atoms with Crippen LogP contribution in [0.3, 0.4) is 0 Å². The maximum atomic E-state index is 11.2. The van der Waals surface area contributed by atoms with E-state index in [1.54, 1.807) is 20.3 Å². The number of rotatable bonds is 3. The lowest BCUT2D eigenvalue weighted by atomic mass is 10.0. The molecule has 17 heavy (non-hydrogen) atoms. The van der Waals surface area contributed by atoms with Crippen LogP contribution in [-0.4, -0.2) is 20.2 Å². The van der Waals surface area contributed by atoms with Gasteiger partial charge in [-0.3, -0.25) is 0 Å². The van der Waals surface area contributed by atoms with Crippen LogP contribution in [0.5, 0.6) is 11.5 Å². The number of carbonyl (C=O) groups is 1. The standard InChI is InChI=1S/C13H14O4/c1-8-6-12(14)17-13(8)10-5-4-9(15-2)7-11(10)16-3/h4-7,13H,1-3H3. The first-order valence-corrected chi connectivity index (χ1v) is 5.26. The Morgan fingerprint density at radius 1 is 1.24 bits per heavy atom. The molecule has 1 unspecified atom stereocenters. The molecule has 0 saturated carbocycles. The number of hydrogen-bond donors (Lipinski definition) is 0. The number of hydrogen-bond acceptors (Lipinski definition) is 4. The molecule has 0 saturated heterocycles. The van der Waals surface area contributed by atoms with Crippen molar-refractivity contribution in [1.29, 1.82) is 0 Å². The van der Waals surface area contributed by atoms with Crippen LogP contribution in [-0.2, 0) is 9.53 Å². The predicted molar refractivity (Wildman–Crippen MR) is 62.1 cm³/mol. The van der Waals surface area contributed by atoms with Crippen LogP contribution in [0, 0.1) is 0 Å². The first-order valence-electron chi connectivity index (χ1n) is 5.26. The van der Waals surface area contributed by atoms with Gasteiger partial charge >= 0.3 is 5.97 Å². The van der Waals surface area contributed by atoms with Gasteiger partial charge in [0, 0.05) is 17.7 Å². The summed E-state index contributed by atoms with van der Waals surface area (Å²) in [6, 6.07) is 5.43. The Hall–Kier alpha value is -1.97. The smallest absolute Gasteiger partial charge is 0.331 e. The molecular formula is C13H14O4. The molecule has 1 aliphatic rings.